The van der Waals surface area contributed by atoms with Gasteiger partial charge in [0.25, 0.3) is 5.91 Å². The Labute approximate surface area is 146 Å². The van der Waals surface area contributed by atoms with Crippen molar-refractivity contribution >= 4 is 63.2 Å². The topological polar surface area (TPSA) is 38.3 Å². The van der Waals surface area contributed by atoms with Gasteiger partial charge in [-0.1, -0.05) is 35.6 Å². The van der Waals surface area contributed by atoms with E-state index in [1.54, 1.807) is 24.5 Å². The first kappa shape index (κ1) is 15.6. The molecule has 0 unspecified atom stereocenters. The van der Waals surface area contributed by atoms with E-state index in [1.807, 2.05) is 29.7 Å². The van der Waals surface area contributed by atoms with Crippen LogP contribution in [0.5, 0.6) is 5.75 Å². The number of rotatable bonds is 3. The molecule has 1 saturated heterocycles. The fraction of sp³-hybridized carbons (Fsp3) is 0.0667. The Morgan fingerprint density at radius 1 is 1.36 bits per heavy atom. The molecular formula is C15H10ClNO2S3. The normalized spacial score (nSPS) is 16.2. The molecule has 3 nitrogen and oxygen atoms in total. The van der Waals surface area contributed by atoms with Crippen LogP contribution in [0.1, 0.15) is 4.88 Å². The summed E-state index contributed by atoms with van der Waals surface area (Å²) in [4.78, 5) is 13.3. The number of carbonyl (C=O) groups excluding carboxylic acids is 1. The molecular weight excluding hydrogens is 358 g/mol. The molecule has 0 atom stereocenters. The van der Waals surface area contributed by atoms with E-state index in [9.17, 15) is 4.79 Å². The quantitative estimate of drug-likeness (QED) is 0.637. The Balaban J connectivity index is 1.90. The fourth-order valence-electron chi connectivity index (χ4n) is 1.98. The molecule has 7 heteroatoms. The molecule has 0 spiro atoms. The third-order valence-corrected chi connectivity index (χ3v) is 5.38. The minimum absolute atomic E-state index is 0.146. The summed E-state index contributed by atoms with van der Waals surface area (Å²) in [5, 5.41) is 5.24. The number of methoxy groups -OCH3 is 1. The summed E-state index contributed by atoms with van der Waals surface area (Å²) in [7, 11) is 1.61. The van der Waals surface area contributed by atoms with Crippen molar-refractivity contribution in [1.82, 2.24) is 5.32 Å². The second-order valence-electron chi connectivity index (χ2n) is 4.44. The summed E-state index contributed by atoms with van der Waals surface area (Å²) in [6.07, 6.45) is 1.84. The molecule has 3 rings (SSSR count). The fourth-order valence-corrected chi connectivity index (χ4v) is 4.21. The average Bonchev–Trinajstić information content (AvgIpc) is 3.06. The number of benzene rings is 1. The lowest BCUT2D eigenvalue weighted by atomic mass is 10.1. The molecule has 0 aliphatic carbocycles. The standard InChI is InChI=1S/C15H10ClNO2S3/c1-19-9-2-3-11(12(16)5-9)8-4-10(21-7-8)6-13-14(18)17-15(20)22-13/h2-7H,1H3,(H,17,18,20)/b13-6-. The Morgan fingerprint density at radius 2 is 2.18 bits per heavy atom. The van der Waals surface area contributed by atoms with Crippen molar-refractivity contribution in [3.05, 3.63) is 44.5 Å². The van der Waals surface area contributed by atoms with Crippen LogP contribution in [0.4, 0.5) is 0 Å². The number of nitrogens with one attached hydrogen (secondary N) is 1. The summed E-state index contributed by atoms with van der Waals surface area (Å²) < 4.78 is 5.64. The van der Waals surface area contributed by atoms with Crippen LogP contribution in [0.3, 0.4) is 0 Å². The Morgan fingerprint density at radius 3 is 2.82 bits per heavy atom. The molecule has 1 aromatic heterocycles. The summed E-state index contributed by atoms with van der Waals surface area (Å²) in [6.45, 7) is 0. The van der Waals surface area contributed by atoms with E-state index in [0.29, 0.717) is 14.2 Å². The van der Waals surface area contributed by atoms with Gasteiger partial charge in [0.2, 0.25) is 0 Å². The first-order valence-corrected chi connectivity index (χ1v) is 8.72. The highest BCUT2D eigenvalue weighted by atomic mass is 35.5. The maximum atomic E-state index is 11.7. The SMILES string of the molecule is COc1ccc(-c2csc(/C=C3\SC(=S)NC3=O)c2)c(Cl)c1. The van der Waals surface area contributed by atoms with Crippen LogP contribution in [0.15, 0.2) is 34.6 Å². The van der Waals surface area contributed by atoms with Gasteiger partial charge in [0.15, 0.2) is 0 Å². The molecule has 1 N–H and O–H groups in total. The van der Waals surface area contributed by atoms with Crippen molar-refractivity contribution in [3.8, 4) is 16.9 Å². The van der Waals surface area contributed by atoms with Crippen molar-refractivity contribution < 1.29 is 9.53 Å². The highest BCUT2D eigenvalue weighted by molar-refractivity contribution is 8.26. The summed E-state index contributed by atoms with van der Waals surface area (Å²) in [6, 6.07) is 7.58. The minimum Gasteiger partial charge on any atom is -0.497 e. The number of ether oxygens (including phenoxy) is 1. The van der Waals surface area contributed by atoms with Crippen LogP contribution in [0, 0.1) is 0 Å². The largest absolute Gasteiger partial charge is 0.497 e. The molecule has 22 heavy (non-hydrogen) atoms. The van der Waals surface area contributed by atoms with Crippen molar-refractivity contribution in [2.45, 2.75) is 0 Å². The number of halogens is 1. The first-order chi connectivity index (χ1) is 10.6. The number of carbonyl (C=O) groups is 1. The van der Waals surface area contributed by atoms with E-state index in [0.717, 1.165) is 21.8 Å². The van der Waals surface area contributed by atoms with Crippen LogP contribution in [0.25, 0.3) is 17.2 Å². The van der Waals surface area contributed by atoms with Crippen molar-refractivity contribution in [2.24, 2.45) is 0 Å². The third kappa shape index (κ3) is 3.20. The zero-order chi connectivity index (χ0) is 15.7. The van der Waals surface area contributed by atoms with Gasteiger partial charge in [-0.2, -0.15) is 0 Å². The van der Waals surface area contributed by atoms with Gasteiger partial charge in [-0.3, -0.25) is 4.79 Å². The number of hydrogen-bond donors (Lipinski definition) is 1. The molecule has 1 aromatic carbocycles. The maximum Gasteiger partial charge on any atom is 0.263 e. The summed E-state index contributed by atoms with van der Waals surface area (Å²) in [5.41, 5.74) is 1.94. The van der Waals surface area contributed by atoms with Crippen molar-refractivity contribution in [1.29, 1.82) is 0 Å². The van der Waals surface area contributed by atoms with Crippen molar-refractivity contribution in [2.75, 3.05) is 7.11 Å². The van der Waals surface area contributed by atoms with Crippen LogP contribution in [-0.2, 0) is 4.79 Å². The third-order valence-electron chi connectivity index (χ3n) is 3.02. The van der Waals surface area contributed by atoms with E-state index >= 15 is 0 Å². The zero-order valence-corrected chi connectivity index (χ0v) is 14.6. The van der Waals surface area contributed by atoms with E-state index in [1.165, 1.54) is 11.8 Å². The molecule has 0 saturated carbocycles. The average molecular weight is 368 g/mol. The van der Waals surface area contributed by atoms with Crippen LogP contribution in [0.2, 0.25) is 5.02 Å². The maximum absolute atomic E-state index is 11.7. The molecule has 2 heterocycles. The predicted molar refractivity (Wildman–Crippen MR) is 97.6 cm³/mol. The van der Waals surface area contributed by atoms with Crippen molar-refractivity contribution in [3.63, 3.8) is 0 Å². The number of thioether (sulfide) groups is 1. The lowest BCUT2D eigenvalue weighted by Crippen LogP contribution is -2.17. The van der Waals surface area contributed by atoms with Crippen LogP contribution >= 0.6 is 46.9 Å². The molecule has 1 fully saturated rings. The van der Waals surface area contributed by atoms with Gasteiger partial charge in [-0.15, -0.1) is 11.3 Å². The van der Waals surface area contributed by atoms with Gasteiger partial charge in [0, 0.05) is 10.4 Å². The van der Waals surface area contributed by atoms with E-state index < -0.39 is 0 Å². The second-order valence-corrected chi connectivity index (χ2v) is 7.50. The van der Waals surface area contributed by atoms with Gasteiger partial charge in [-0.25, -0.2) is 0 Å². The van der Waals surface area contributed by atoms with E-state index in [2.05, 4.69) is 5.32 Å². The zero-order valence-electron chi connectivity index (χ0n) is 11.4. The Hall–Kier alpha value is -1.34. The highest BCUT2D eigenvalue weighted by Crippen LogP contribution is 2.35. The number of thiocarbonyl (C=S) groups is 1. The minimum atomic E-state index is -0.146. The number of hydrogen-bond acceptors (Lipinski definition) is 5. The van der Waals surface area contributed by atoms with E-state index in [4.69, 9.17) is 28.6 Å². The molecule has 1 aliphatic heterocycles. The lowest BCUT2D eigenvalue weighted by Gasteiger charge is -2.04. The molecule has 1 aliphatic rings. The first-order valence-electron chi connectivity index (χ1n) is 6.24. The summed E-state index contributed by atoms with van der Waals surface area (Å²) >= 11 is 14.1. The highest BCUT2D eigenvalue weighted by Gasteiger charge is 2.22. The smallest absolute Gasteiger partial charge is 0.263 e. The molecule has 0 bridgehead atoms. The Bertz CT molecular complexity index is 798. The lowest BCUT2D eigenvalue weighted by molar-refractivity contribution is -0.115. The van der Waals surface area contributed by atoms with Crippen LogP contribution in [-0.4, -0.2) is 17.3 Å². The predicted octanol–water partition coefficient (Wildman–Crippen LogP) is 4.57. The van der Waals surface area contributed by atoms with Gasteiger partial charge in [0.1, 0.15) is 10.1 Å². The second kappa shape index (κ2) is 6.42. The monoisotopic (exact) mass is 367 g/mol. The molecule has 0 radical (unpaired) electrons. The van der Waals surface area contributed by atoms with Gasteiger partial charge < -0.3 is 10.1 Å². The number of amides is 1. The molecule has 1 amide bonds. The van der Waals surface area contributed by atoms with E-state index in [-0.39, 0.29) is 5.91 Å². The van der Waals surface area contributed by atoms with Gasteiger partial charge in [-0.05, 0) is 41.3 Å². The molecule has 112 valence electrons. The van der Waals surface area contributed by atoms with Crippen LogP contribution < -0.4 is 10.1 Å². The molecule has 2 aromatic rings. The summed E-state index contributed by atoms with van der Waals surface area (Å²) in [5.74, 6) is 0.575. The van der Waals surface area contributed by atoms with Gasteiger partial charge in [0.05, 0.1) is 17.0 Å². The number of thiophene rings is 1. The Kier molecular flexibility index (Phi) is 4.54. The van der Waals surface area contributed by atoms with Gasteiger partial charge >= 0.3 is 0 Å².